The number of benzene rings is 1. The number of hydrogen-bond donors (Lipinski definition) is 2. The van der Waals surface area contributed by atoms with Crippen molar-refractivity contribution in [1.82, 2.24) is 15.1 Å². The Morgan fingerprint density at radius 3 is 2.86 bits per heavy atom. The van der Waals surface area contributed by atoms with Gasteiger partial charge in [0.25, 0.3) is 5.91 Å². The molecule has 2 N–H and O–H groups in total. The number of carboxylic acid groups (broad SMARTS) is 1. The van der Waals surface area contributed by atoms with Gasteiger partial charge in [-0.15, -0.1) is 0 Å². The lowest BCUT2D eigenvalue weighted by Gasteiger charge is -2.04. The molecule has 0 radical (unpaired) electrons. The van der Waals surface area contributed by atoms with Crippen molar-refractivity contribution in [3.63, 3.8) is 0 Å². The molecule has 1 heterocycles. The second-order valence-corrected chi connectivity index (χ2v) is 4.47. The smallest absolute Gasteiger partial charge is 0.328 e. The minimum atomic E-state index is -0.996. The Bertz CT molecular complexity index is 689. The summed E-state index contributed by atoms with van der Waals surface area (Å²) >= 11 is 0. The average molecular weight is 285 g/mol. The second-order valence-electron chi connectivity index (χ2n) is 4.47. The minimum Gasteiger partial charge on any atom is -0.478 e. The van der Waals surface area contributed by atoms with Gasteiger partial charge in [-0.25, -0.2) is 4.79 Å². The first-order valence-corrected chi connectivity index (χ1v) is 6.32. The van der Waals surface area contributed by atoms with E-state index < -0.39 is 5.97 Å². The van der Waals surface area contributed by atoms with Crippen LogP contribution in [-0.4, -0.2) is 26.8 Å². The lowest BCUT2D eigenvalue weighted by atomic mass is 10.1. The highest BCUT2D eigenvalue weighted by Crippen LogP contribution is 2.07. The minimum absolute atomic E-state index is 0.248. The van der Waals surface area contributed by atoms with Crippen LogP contribution in [0.5, 0.6) is 0 Å². The molecular formula is C15H15N3O3. The third-order valence-corrected chi connectivity index (χ3v) is 2.77. The molecule has 1 aromatic carbocycles. The van der Waals surface area contributed by atoms with Crippen molar-refractivity contribution in [2.45, 2.75) is 6.54 Å². The fraction of sp³-hybridized carbons (Fsp3) is 0.133. The number of carboxylic acids is 1. The predicted octanol–water partition coefficient (Wildman–Crippen LogP) is 1.45. The molecule has 1 amide bonds. The molecule has 0 unspecified atom stereocenters. The van der Waals surface area contributed by atoms with Crippen molar-refractivity contribution >= 4 is 18.0 Å². The maximum Gasteiger partial charge on any atom is 0.328 e. The zero-order valence-electron chi connectivity index (χ0n) is 11.5. The summed E-state index contributed by atoms with van der Waals surface area (Å²) in [7, 11) is 1.75. The van der Waals surface area contributed by atoms with Crippen LogP contribution in [0.1, 0.15) is 21.6 Å². The average Bonchev–Trinajstić information content (AvgIpc) is 2.90. The molecule has 21 heavy (non-hydrogen) atoms. The number of nitrogens with one attached hydrogen (secondary N) is 1. The van der Waals surface area contributed by atoms with Crippen LogP contribution in [0.3, 0.4) is 0 Å². The van der Waals surface area contributed by atoms with E-state index in [1.807, 2.05) is 18.2 Å². The Balaban J connectivity index is 1.98. The van der Waals surface area contributed by atoms with E-state index in [0.717, 1.165) is 17.2 Å². The lowest BCUT2D eigenvalue weighted by Crippen LogP contribution is -2.23. The number of aryl methyl sites for hydroxylation is 1. The van der Waals surface area contributed by atoms with Crippen LogP contribution in [0, 0.1) is 0 Å². The van der Waals surface area contributed by atoms with E-state index >= 15 is 0 Å². The van der Waals surface area contributed by atoms with Gasteiger partial charge in [0, 0.05) is 25.9 Å². The number of hydrogen-bond acceptors (Lipinski definition) is 3. The SMILES string of the molecule is Cn1ccc(C(=O)NCc2cccc(/C=C/C(=O)O)c2)n1. The van der Waals surface area contributed by atoms with Crippen LogP contribution in [0.25, 0.3) is 6.08 Å². The van der Waals surface area contributed by atoms with Crippen molar-refractivity contribution in [2.75, 3.05) is 0 Å². The molecule has 6 heteroatoms. The Morgan fingerprint density at radius 1 is 1.38 bits per heavy atom. The van der Waals surface area contributed by atoms with Gasteiger partial charge in [0.1, 0.15) is 5.69 Å². The molecule has 0 bridgehead atoms. The van der Waals surface area contributed by atoms with Crippen molar-refractivity contribution in [3.05, 3.63) is 59.4 Å². The summed E-state index contributed by atoms with van der Waals surface area (Å²) in [5.74, 6) is -1.24. The van der Waals surface area contributed by atoms with Crippen LogP contribution in [0.15, 0.2) is 42.6 Å². The summed E-state index contributed by atoms with van der Waals surface area (Å²) in [5, 5.41) is 15.4. The van der Waals surface area contributed by atoms with Crippen LogP contribution in [-0.2, 0) is 18.4 Å². The summed E-state index contributed by atoms with van der Waals surface area (Å²) in [6.07, 6.45) is 4.28. The molecule has 0 spiro atoms. The van der Waals surface area contributed by atoms with Gasteiger partial charge in [-0.05, 0) is 29.3 Å². The molecule has 0 fully saturated rings. The maximum absolute atomic E-state index is 11.9. The highest BCUT2D eigenvalue weighted by Gasteiger charge is 2.07. The molecular weight excluding hydrogens is 270 g/mol. The van der Waals surface area contributed by atoms with E-state index in [4.69, 9.17) is 5.11 Å². The molecule has 6 nitrogen and oxygen atoms in total. The van der Waals surface area contributed by atoms with Gasteiger partial charge in [0.05, 0.1) is 0 Å². The van der Waals surface area contributed by atoms with Gasteiger partial charge in [-0.3, -0.25) is 9.48 Å². The van der Waals surface area contributed by atoms with Gasteiger partial charge < -0.3 is 10.4 Å². The summed E-state index contributed by atoms with van der Waals surface area (Å²) in [5.41, 5.74) is 2.01. The summed E-state index contributed by atoms with van der Waals surface area (Å²) in [6.45, 7) is 0.351. The summed E-state index contributed by atoms with van der Waals surface area (Å²) in [4.78, 5) is 22.3. The fourth-order valence-corrected chi connectivity index (χ4v) is 1.78. The van der Waals surface area contributed by atoms with E-state index in [2.05, 4.69) is 10.4 Å². The van der Waals surface area contributed by atoms with Crippen molar-refractivity contribution in [1.29, 1.82) is 0 Å². The van der Waals surface area contributed by atoms with Gasteiger partial charge >= 0.3 is 5.97 Å². The number of rotatable bonds is 5. The van der Waals surface area contributed by atoms with Gasteiger partial charge in [-0.1, -0.05) is 18.2 Å². The Hall–Kier alpha value is -2.89. The number of nitrogens with zero attached hydrogens (tertiary/aromatic N) is 2. The van der Waals surface area contributed by atoms with Crippen LogP contribution < -0.4 is 5.32 Å². The first-order valence-electron chi connectivity index (χ1n) is 6.32. The van der Waals surface area contributed by atoms with E-state index in [0.29, 0.717) is 12.2 Å². The quantitative estimate of drug-likeness (QED) is 0.814. The predicted molar refractivity (Wildman–Crippen MR) is 77.5 cm³/mol. The normalized spacial score (nSPS) is 10.7. The maximum atomic E-state index is 11.9. The summed E-state index contributed by atoms with van der Waals surface area (Å²) in [6, 6.07) is 8.92. The van der Waals surface area contributed by atoms with E-state index in [1.54, 1.807) is 30.1 Å². The summed E-state index contributed by atoms with van der Waals surface area (Å²) < 4.78 is 1.56. The number of aromatic nitrogens is 2. The molecule has 0 saturated heterocycles. The largest absolute Gasteiger partial charge is 0.478 e. The Kier molecular flexibility index (Phi) is 4.50. The highest BCUT2D eigenvalue weighted by molar-refractivity contribution is 5.92. The zero-order chi connectivity index (χ0) is 15.2. The molecule has 0 saturated carbocycles. The van der Waals surface area contributed by atoms with Crippen molar-refractivity contribution < 1.29 is 14.7 Å². The van der Waals surface area contributed by atoms with Crippen molar-refractivity contribution in [2.24, 2.45) is 7.05 Å². The van der Waals surface area contributed by atoms with E-state index in [9.17, 15) is 9.59 Å². The van der Waals surface area contributed by atoms with Crippen LogP contribution >= 0.6 is 0 Å². The van der Waals surface area contributed by atoms with E-state index in [1.165, 1.54) is 6.08 Å². The number of aliphatic carboxylic acids is 1. The second kappa shape index (κ2) is 6.51. The lowest BCUT2D eigenvalue weighted by molar-refractivity contribution is -0.131. The zero-order valence-corrected chi connectivity index (χ0v) is 11.5. The molecule has 108 valence electrons. The number of carbonyl (C=O) groups excluding carboxylic acids is 1. The number of amides is 1. The molecule has 1 aromatic heterocycles. The van der Waals surface area contributed by atoms with Crippen LogP contribution in [0.2, 0.25) is 0 Å². The standard InChI is InChI=1S/C15H15N3O3/c1-18-8-7-13(17-18)15(21)16-10-12-4-2-3-11(9-12)5-6-14(19)20/h2-9H,10H2,1H3,(H,16,21)(H,19,20)/b6-5+. The van der Waals surface area contributed by atoms with Gasteiger partial charge in [-0.2, -0.15) is 5.10 Å². The number of carbonyl (C=O) groups is 2. The monoisotopic (exact) mass is 285 g/mol. The molecule has 0 aliphatic heterocycles. The molecule has 0 aliphatic carbocycles. The van der Waals surface area contributed by atoms with Gasteiger partial charge in [0.2, 0.25) is 0 Å². The third-order valence-electron chi connectivity index (χ3n) is 2.77. The molecule has 2 aromatic rings. The molecule has 0 aliphatic rings. The Labute approximate surface area is 121 Å². The molecule has 2 rings (SSSR count). The van der Waals surface area contributed by atoms with Crippen molar-refractivity contribution in [3.8, 4) is 0 Å². The highest BCUT2D eigenvalue weighted by atomic mass is 16.4. The topological polar surface area (TPSA) is 84.2 Å². The van der Waals surface area contributed by atoms with Crippen LogP contribution in [0.4, 0.5) is 0 Å². The fourth-order valence-electron chi connectivity index (χ4n) is 1.78. The molecule has 0 atom stereocenters. The van der Waals surface area contributed by atoms with Gasteiger partial charge in [0.15, 0.2) is 0 Å². The first kappa shape index (κ1) is 14.5. The van der Waals surface area contributed by atoms with E-state index in [-0.39, 0.29) is 5.91 Å². The first-order chi connectivity index (χ1) is 10.0. The Morgan fingerprint density at radius 2 is 2.19 bits per heavy atom. The third kappa shape index (κ3) is 4.31.